The van der Waals surface area contributed by atoms with Gasteiger partial charge in [0.15, 0.2) is 0 Å². The van der Waals surface area contributed by atoms with Gasteiger partial charge in [-0.3, -0.25) is 14.1 Å². The zero-order chi connectivity index (χ0) is 21.5. The van der Waals surface area contributed by atoms with Crippen molar-refractivity contribution in [2.24, 2.45) is 0 Å². The summed E-state index contributed by atoms with van der Waals surface area (Å²) < 4.78 is 85.5. The monoisotopic (exact) mass is 422 g/mol. The third-order valence-electron chi connectivity index (χ3n) is 2.84. The normalized spacial score (nSPS) is 12.2. The van der Waals surface area contributed by atoms with Crippen LogP contribution in [0, 0.1) is 0 Å². The number of hydrogen-bond acceptors (Lipinski definition) is 6. The summed E-state index contributed by atoms with van der Waals surface area (Å²) in [4.78, 5) is 33.5. The van der Waals surface area contributed by atoms with Crippen LogP contribution >= 0.6 is 0 Å². The Morgan fingerprint density at radius 3 is 2.11 bits per heavy atom. The van der Waals surface area contributed by atoms with E-state index in [2.05, 4.69) is 11.9 Å². The summed E-state index contributed by atoms with van der Waals surface area (Å²) in [6.45, 7) is 3.55. The molecular weight excluding hydrogens is 404 g/mol. The Morgan fingerprint density at radius 2 is 1.63 bits per heavy atom. The minimum absolute atomic E-state index is 0.0766. The lowest BCUT2D eigenvalue weighted by Crippen LogP contribution is -2.56. The second-order valence-electron chi connectivity index (χ2n) is 5.19. The van der Waals surface area contributed by atoms with Crippen molar-refractivity contribution in [3.05, 3.63) is 12.2 Å². The highest BCUT2D eigenvalue weighted by Crippen LogP contribution is 2.38. The van der Waals surface area contributed by atoms with Crippen molar-refractivity contribution < 1.29 is 49.7 Å². The second-order valence-corrected chi connectivity index (χ2v) is 6.65. The first-order chi connectivity index (χ1) is 12.1. The highest BCUT2D eigenvalue weighted by molar-refractivity contribution is 7.87. The van der Waals surface area contributed by atoms with Gasteiger partial charge in [0.2, 0.25) is 5.91 Å². The van der Waals surface area contributed by atoms with Gasteiger partial charge in [-0.05, 0) is 13.3 Å². The number of amides is 2. The number of alkyl halides is 4. The Balaban J connectivity index is 4.24. The molecule has 0 bridgehead atoms. The maximum absolute atomic E-state index is 13.2. The van der Waals surface area contributed by atoms with Crippen molar-refractivity contribution >= 4 is 27.9 Å². The number of carbonyl (C=O) groups is 3. The van der Waals surface area contributed by atoms with Crippen LogP contribution in [-0.2, 0) is 29.2 Å². The summed E-state index contributed by atoms with van der Waals surface area (Å²) in [5.74, 6) is -9.62. The molecule has 0 aromatic carbocycles. The molecule has 2 amide bonds. The van der Waals surface area contributed by atoms with E-state index in [0.29, 0.717) is 0 Å². The van der Waals surface area contributed by atoms with E-state index in [0.717, 1.165) is 0 Å². The number of esters is 1. The van der Waals surface area contributed by atoms with Gasteiger partial charge in [-0.2, -0.15) is 26.0 Å². The quantitative estimate of drug-likeness (QED) is 0.142. The number of carbonyl (C=O) groups excluding carboxylic acids is 3. The van der Waals surface area contributed by atoms with E-state index >= 15 is 0 Å². The average molecular weight is 422 g/mol. The largest absolute Gasteiger partial charge is 0.462 e. The SMILES string of the molecule is C=C(C)C(=O)OCCCC(=O)NCCNC(=O)C(F)(F)C(F)(F)S(=O)(=O)O. The molecule has 0 aliphatic heterocycles. The zero-order valence-corrected chi connectivity index (χ0v) is 14.9. The molecule has 0 aromatic heterocycles. The third kappa shape index (κ3) is 7.13. The fourth-order valence-corrected chi connectivity index (χ4v) is 1.81. The fraction of sp³-hybridized carbons (Fsp3) is 0.615. The summed E-state index contributed by atoms with van der Waals surface area (Å²) in [5.41, 5.74) is 0.173. The molecule has 3 N–H and O–H groups in total. The Kier molecular flexibility index (Phi) is 8.85. The number of ether oxygens (including phenoxy) is 1. The predicted octanol–water partition coefficient (Wildman–Crippen LogP) is 0.234. The highest BCUT2D eigenvalue weighted by atomic mass is 32.2. The van der Waals surface area contributed by atoms with E-state index in [4.69, 9.17) is 9.29 Å². The topological polar surface area (TPSA) is 139 Å². The average Bonchev–Trinajstić information content (AvgIpc) is 2.53. The van der Waals surface area contributed by atoms with Crippen LogP contribution in [0.1, 0.15) is 19.8 Å². The van der Waals surface area contributed by atoms with Crippen molar-refractivity contribution in [1.29, 1.82) is 0 Å². The molecule has 27 heavy (non-hydrogen) atoms. The second kappa shape index (κ2) is 9.64. The van der Waals surface area contributed by atoms with Crippen molar-refractivity contribution in [2.45, 2.75) is 30.9 Å². The molecule has 156 valence electrons. The summed E-state index contributed by atoms with van der Waals surface area (Å²) in [6, 6.07) is 0. The zero-order valence-electron chi connectivity index (χ0n) is 14.1. The van der Waals surface area contributed by atoms with E-state index in [9.17, 15) is 40.4 Å². The molecular formula is C13H18F4N2O7S. The molecule has 0 unspecified atom stereocenters. The lowest BCUT2D eigenvalue weighted by Gasteiger charge is -2.22. The Morgan fingerprint density at radius 1 is 1.11 bits per heavy atom. The minimum atomic E-state index is -6.53. The number of hydrogen-bond donors (Lipinski definition) is 3. The molecule has 0 saturated carbocycles. The van der Waals surface area contributed by atoms with Crippen molar-refractivity contribution in [3.63, 3.8) is 0 Å². The molecule has 0 atom stereocenters. The van der Waals surface area contributed by atoms with Gasteiger partial charge in [0.05, 0.1) is 6.61 Å². The van der Waals surface area contributed by atoms with E-state index in [1.165, 1.54) is 12.2 Å². The maximum atomic E-state index is 13.2. The number of nitrogens with one attached hydrogen (secondary N) is 2. The van der Waals surface area contributed by atoms with Gasteiger partial charge >= 0.3 is 27.3 Å². The highest BCUT2D eigenvalue weighted by Gasteiger charge is 2.70. The lowest BCUT2D eigenvalue weighted by atomic mass is 10.3. The third-order valence-corrected chi connectivity index (χ3v) is 3.74. The minimum Gasteiger partial charge on any atom is -0.462 e. The first-order valence-electron chi connectivity index (χ1n) is 7.25. The van der Waals surface area contributed by atoms with E-state index in [1.807, 2.05) is 0 Å². The number of halogens is 4. The first-order valence-corrected chi connectivity index (χ1v) is 8.69. The molecule has 0 aliphatic carbocycles. The Hall–Kier alpha value is -2.22. The van der Waals surface area contributed by atoms with Crippen LogP contribution in [0.4, 0.5) is 17.6 Å². The van der Waals surface area contributed by atoms with Crippen LogP contribution in [-0.4, -0.2) is 61.6 Å². The van der Waals surface area contributed by atoms with Gasteiger partial charge in [-0.1, -0.05) is 6.58 Å². The molecule has 0 aromatic rings. The van der Waals surface area contributed by atoms with Crippen molar-refractivity contribution in [3.8, 4) is 0 Å². The Bertz CT molecular complexity index is 695. The summed E-state index contributed by atoms with van der Waals surface area (Å²) in [5, 5.41) is -2.55. The van der Waals surface area contributed by atoms with Gasteiger partial charge in [-0.15, -0.1) is 0 Å². The molecule has 0 rings (SSSR count). The summed E-state index contributed by atoms with van der Waals surface area (Å²) in [6.07, 6.45) is 0.0181. The maximum Gasteiger partial charge on any atom is 0.441 e. The van der Waals surface area contributed by atoms with E-state index in [-0.39, 0.29) is 25.0 Å². The van der Waals surface area contributed by atoms with Crippen LogP contribution in [0.15, 0.2) is 12.2 Å². The van der Waals surface area contributed by atoms with Crippen molar-refractivity contribution in [1.82, 2.24) is 10.6 Å². The standard InChI is InChI=1S/C13H18F4N2O7S/c1-8(2)10(21)26-7-3-4-9(20)18-5-6-19-11(22)12(14,15)13(16,17)27(23,24)25/h1,3-7H2,2H3,(H,18,20)(H,19,22)(H,23,24,25). The lowest BCUT2D eigenvalue weighted by molar-refractivity contribution is -0.182. The van der Waals surface area contributed by atoms with Crippen LogP contribution in [0.2, 0.25) is 0 Å². The molecule has 0 saturated heterocycles. The van der Waals surface area contributed by atoms with Crippen molar-refractivity contribution in [2.75, 3.05) is 19.7 Å². The molecule has 0 spiro atoms. The van der Waals surface area contributed by atoms with Crippen LogP contribution in [0.5, 0.6) is 0 Å². The molecule has 0 fully saturated rings. The van der Waals surface area contributed by atoms with Gasteiger partial charge in [0.1, 0.15) is 0 Å². The van der Waals surface area contributed by atoms with Gasteiger partial charge < -0.3 is 15.4 Å². The first kappa shape index (κ1) is 24.8. The Labute approximate surface area is 151 Å². The smallest absolute Gasteiger partial charge is 0.441 e. The summed E-state index contributed by atoms with van der Waals surface area (Å²) >= 11 is 0. The van der Waals surface area contributed by atoms with Crippen LogP contribution in [0.3, 0.4) is 0 Å². The van der Waals surface area contributed by atoms with Gasteiger partial charge in [0.25, 0.3) is 5.91 Å². The predicted molar refractivity (Wildman–Crippen MR) is 82.5 cm³/mol. The fourth-order valence-electron chi connectivity index (χ4n) is 1.39. The van der Waals surface area contributed by atoms with Crippen LogP contribution in [0.25, 0.3) is 0 Å². The molecule has 0 heterocycles. The molecule has 0 radical (unpaired) electrons. The molecule has 0 aliphatic rings. The molecule has 9 nitrogen and oxygen atoms in total. The van der Waals surface area contributed by atoms with Gasteiger partial charge in [-0.25, -0.2) is 4.79 Å². The number of rotatable bonds is 11. The van der Waals surface area contributed by atoms with E-state index < -0.39 is 52.2 Å². The molecule has 14 heteroatoms. The van der Waals surface area contributed by atoms with Gasteiger partial charge in [0, 0.05) is 25.1 Å². The van der Waals surface area contributed by atoms with E-state index in [1.54, 1.807) is 0 Å². The summed E-state index contributed by atoms with van der Waals surface area (Å²) in [7, 11) is -6.53. The van der Waals surface area contributed by atoms with Crippen LogP contribution < -0.4 is 10.6 Å².